The molecule has 0 heterocycles. The van der Waals surface area contributed by atoms with Gasteiger partial charge in [0.1, 0.15) is 0 Å². The van der Waals surface area contributed by atoms with Crippen molar-refractivity contribution in [1.82, 2.24) is 0 Å². The molecule has 0 N–H and O–H groups in total. The standard InChI is InChI=1S/C70H62N2/c1-7-19-53-37-59(27-25-47(53)13-1)67-43-65(71(61-33-29-49-15-3-9-21-55(49)39-61)62-34-30-50-16-4-10-22-56(50)40-62)46-70-68(60-28-26-48-14-2-8-20-54(48)38-60)44-66(45-69(67)70)72(63-35-31-51-17-5-11-23-57(51)41-63)64-36-32-52-18-6-12-24-58(52)42-64/h1-2,7-8,13-14,19-20,25-46H,3-6,9-12,15-18,21-24H2. The van der Waals surface area contributed by atoms with Crippen LogP contribution < -0.4 is 9.80 Å². The summed E-state index contributed by atoms with van der Waals surface area (Å²) in [5.41, 5.74) is 24.4. The maximum Gasteiger partial charge on any atom is 0.0474 e. The first-order chi connectivity index (χ1) is 35.6. The van der Waals surface area contributed by atoms with Crippen molar-refractivity contribution in [2.45, 2.75) is 103 Å². The molecule has 14 rings (SSSR count). The lowest BCUT2D eigenvalue weighted by Gasteiger charge is -2.31. The Morgan fingerprint density at radius 3 is 0.861 bits per heavy atom. The predicted molar refractivity (Wildman–Crippen MR) is 306 cm³/mol. The number of benzene rings is 10. The van der Waals surface area contributed by atoms with E-state index in [-0.39, 0.29) is 0 Å². The number of hydrogen-bond acceptors (Lipinski definition) is 2. The third kappa shape index (κ3) is 7.97. The van der Waals surface area contributed by atoms with Gasteiger partial charge in [0.2, 0.25) is 0 Å². The van der Waals surface area contributed by atoms with Gasteiger partial charge in [0, 0.05) is 34.1 Å². The fourth-order valence-corrected chi connectivity index (χ4v) is 13.2. The third-order valence-corrected chi connectivity index (χ3v) is 17.0. The average molecular weight is 931 g/mol. The van der Waals surface area contributed by atoms with Crippen molar-refractivity contribution in [1.29, 1.82) is 0 Å². The van der Waals surface area contributed by atoms with Crippen LogP contribution in [0, 0.1) is 0 Å². The minimum absolute atomic E-state index is 1.14. The van der Waals surface area contributed by atoms with Gasteiger partial charge in [0.15, 0.2) is 0 Å². The van der Waals surface area contributed by atoms with Gasteiger partial charge in [-0.05, 0) is 287 Å². The summed E-state index contributed by atoms with van der Waals surface area (Å²) in [7, 11) is 0. The summed E-state index contributed by atoms with van der Waals surface area (Å²) in [4.78, 5) is 5.19. The van der Waals surface area contributed by atoms with E-state index in [0.717, 1.165) is 25.7 Å². The highest BCUT2D eigenvalue weighted by Crippen LogP contribution is 2.49. The molecule has 0 spiro atoms. The maximum atomic E-state index is 2.60. The second-order valence-electron chi connectivity index (χ2n) is 21.5. The highest BCUT2D eigenvalue weighted by Gasteiger charge is 2.25. The third-order valence-electron chi connectivity index (χ3n) is 17.0. The van der Waals surface area contributed by atoms with Crippen molar-refractivity contribution >= 4 is 66.4 Å². The van der Waals surface area contributed by atoms with Crippen LogP contribution in [0.25, 0.3) is 54.6 Å². The maximum absolute atomic E-state index is 2.60. The summed E-state index contributed by atoms with van der Waals surface area (Å²) in [5, 5.41) is 7.54. The van der Waals surface area contributed by atoms with Gasteiger partial charge < -0.3 is 9.80 Å². The first kappa shape index (κ1) is 43.4. The minimum atomic E-state index is 1.14. The van der Waals surface area contributed by atoms with E-state index in [1.165, 1.54) is 210 Å². The van der Waals surface area contributed by atoms with Gasteiger partial charge in [0.05, 0.1) is 0 Å². The Bertz CT molecular complexity index is 3380. The fraction of sp³-hybridized carbons (Fsp3) is 0.229. The van der Waals surface area contributed by atoms with Crippen molar-refractivity contribution in [3.8, 4) is 22.3 Å². The molecule has 0 unspecified atom stereocenters. The van der Waals surface area contributed by atoms with Crippen LogP contribution in [0.5, 0.6) is 0 Å². The second kappa shape index (κ2) is 18.3. The molecule has 0 fully saturated rings. The zero-order valence-corrected chi connectivity index (χ0v) is 41.5. The van der Waals surface area contributed by atoms with Gasteiger partial charge in [0.25, 0.3) is 0 Å². The van der Waals surface area contributed by atoms with Gasteiger partial charge in [-0.2, -0.15) is 0 Å². The molecule has 2 nitrogen and oxygen atoms in total. The van der Waals surface area contributed by atoms with Crippen LogP contribution in [0.1, 0.15) is 95.9 Å². The lowest BCUT2D eigenvalue weighted by molar-refractivity contribution is 0.685. The average Bonchev–Trinajstić information content (AvgIpc) is 3.44. The summed E-state index contributed by atoms with van der Waals surface area (Å²) >= 11 is 0. The lowest BCUT2D eigenvalue weighted by Crippen LogP contribution is -2.14. The molecule has 0 saturated heterocycles. The number of hydrogen-bond donors (Lipinski definition) is 0. The number of fused-ring (bicyclic) bond motifs is 7. The van der Waals surface area contributed by atoms with Crippen LogP contribution in [0.2, 0.25) is 0 Å². The largest absolute Gasteiger partial charge is 0.310 e. The molecule has 4 aliphatic carbocycles. The van der Waals surface area contributed by atoms with E-state index >= 15 is 0 Å². The van der Waals surface area contributed by atoms with Gasteiger partial charge in [-0.25, -0.2) is 0 Å². The number of rotatable bonds is 8. The number of aryl methyl sites for hydroxylation is 8. The molecule has 0 aromatic heterocycles. The normalized spacial score (nSPS) is 15.2. The molecule has 0 aliphatic heterocycles. The molecule has 0 saturated carbocycles. The SMILES string of the molecule is c1ccc2cc(-c3cc(N(c4ccc5c(c4)CCCC5)c4ccc5c(c4)CCCC5)cc4c(-c5ccc6ccccc6c5)cc(N(c5ccc6c(c5)CCCC6)c5ccc6c(c5)CCCC6)cc34)ccc2c1. The van der Waals surface area contributed by atoms with Crippen LogP contribution >= 0.6 is 0 Å². The summed E-state index contributed by atoms with van der Waals surface area (Å²) in [6.45, 7) is 0. The van der Waals surface area contributed by atoms with Gasteiger partial charge in [-0.3, -0.25) is 0 Å². The molecular weight excluding hydrogens is 869 g/mol. The molecule has 0 radical (unpaired) electrons. The van der Waals surface area contributed by atoms with Crippen molar-refractivity contribution < 1.29 is 0 Å². The molecule has 10 aromatic carbocycles. The monoisotopic (exact) mass is 930 g/mol. The Kier molecular flexibility index (Phi) is 11.0. The van der Waals surface area contributed by atoms with E-state index in [2.05, 4.69) is 192 Å². The molecular formula is C70H62N2. The molecule has 72 heavy (non-hydrogen) atoms. The first-order valence-electron chi connectivity index (χ1n) is 27.3. The van der Waals surface area contributed by atoms with Crippen molar-refractivity contribution in [2.24, 2.45) is 0 Å². The van der Waals surface area contributed by atoms with Crippen LogP contribution in [-0.2, 0) is 51.4 Å². The minimum Gasteiger partial charge on any atom is -0.310 e. The van der Waals surface area contributed by atoms with E-state index in [4.69, 9.17) is 0 Å². The first-order valence-corrected chi connectivity index (χ1v) is 27.3. The fourth-order valence-electron chi connectivity index (χ4n) is 13.2. The van der Waals surface area contributed by atoms with E-state index in [0.29, 0.717) is 0 Å². The van der Waals surface area contributed by atoms with Crippen molar-refractivity contribution in [3.63, 3.8) is 0 Å². The van der Waals surface area contributed by atoms with Crippen LogP contribution in [0.3, 0.4) is 0 Å². The topological polar surface area (TPSA) is 6.48 Å². The summed E-state index contributed by atoms with van der Waals surface area (Å²) in [5.74, 6) is 0. The van der Waals surface area contributed by atoms with E-state index in [1.54, 1.807) is 0 Å². The molecule has 4 aliphatic rings. The van der Waals surface area contributed by atoms with Crippen LogP contribution in [0.15, 0.2) is 182 Å². The molecule has 352 valence electrons. The van der Waals surface area contributed by atoms with Gasteiger partial charge >= 0.3 is 0 Å². The highest BCUT2D eigenvalue weighted by atomic mass is 15.1. The Hall–Kier alpha value is -7.42. The summed E-state index contributed by atoms with van der Waals surface area (Å²) in [6, 6.07) is 71.6. The van der Waals surface area contributed by atoms with Crippen LogP contribution in [0.4, 0.5) is 34.1 Å². The second-order valence-corrected chi connectivity index (χ2v) is 21.5. The number of anilines is 6. The van der Waals surface area contributed by atoms with Gasteiger partial charge in [-0.15, -0.1) is 0 Å². The summed E-state index contributed by atoms with van der Waals surface area (Å²) in [6.07, 6.45) is 19.3. The van der Waals surface area contributed by atoms with E-state index < -0.39 is 0 Å². The van der Waals surface area contributed by atoms with E-state index in [1.807, 2.05) is 0 Å². The Balaban J connectivity index is 1.07. The molecule has 2 heteroatoms. The van der Waals surface area contributed by atoms with Crippen LogP contribution in [-0.4, -0.2) is 0 Å². The predicted octanol–water partition coefficient (Wildman–Crippen LogP) is 18.9. The quantitative estimate of drug-likeness (QED) is 0.150. The lowest BCUT2D eigenvalue weighted by atomic mass is 9.88. The molecule has 10 aromatic rings. The smallest absolute Gasteiger partial charge is 0.0474 e. The Morgan fingerprint density at radius 2 is 0.528 bits per heavy atom. The molecule has 0 atom stereocenters. The Labute approximate surface area is 425 Å². The zero-order valence-electron chi connectivity index (χ0n) is 41.5. The zero-order chi connectivity index (χ0) is 47.5. The number of nitrogens with zero attached hydrogens (tertiary/aromatic N) is 2. The summed E-state index contributed by atoms with van der Waals surface area (Å²) < 4.78 is 0. The molecule has 0 amide bonds. The van der Waals surface area contributed by atoms with E-state index in [9.17, 15) is 0 Å². The van der Waals surface area contributed by atoms with Gasteiger partial charge in [-0.1, -0.05) is 97.1 Å². The Morgan fingerprint density at radius 1 is 0.222 bits per heavy atom. The van der Waals surface area contributed by atoms with Crippen molar-refractivity contribution in [3.05, 3.63) is 226 Å². The molecule has 0 bridgehead atoms. The van der Waals surface area contributed by atoms with Crippen molar-refractivity contribution in [2.75, 3.05) is 9.80 Å². The highest BCUT2D eigenvalue weighted by molar-refractivity contribution is 6.11.